The van der Waals surface area contributed by atoms with Gasteiger partial charge in [0, 0.05) is 12.2 Å². The molecule has 1 atom stereocenters. The van der Waals surface area contributed by atoms with E-state index in [1.165, 1.54) is 5.56 Å². The van der Waals surface area contributed by atoms with Crippen LogP contribution in [0.4, 0.5) is 5.69 Å². The van der Waals surface area contributed by atoms with E-state index in [0.717, 1.165) is 50.8 Å². The Morgan fingerprint density at radius 3 is 2.95 bits per heavy atom. The summed E-state index contributed by atoms with van der Waals surface area (Å²) in [5.74, 6) is 0.0859. The highest BCUT2D eigenvalue weighted by atomic mass is 16.2. The van der Waals surface area contributed by atoms with Gasteiger partial charge in [-0.1, -0.05) is 38.0 Å². The normalized spacial score (nSPS) is 16.6. The maximum atomic E-state index is 12.5. The molecule has 3 heteroatoms. The number of aryl methyl sites for hydroxylation is 1. The standard InChI is InChI=1S/C16H24N2O/c1-2-3-10-14(17)16(19)18-12-7-6-9-13-8-4-5-11-15(13)18/h4-5,8,11,14H,2-3,6-7,9-10,12,17H2,1H3. The lowest BCUT2D eigenvalue weighted by molar-refractivity contribution is -0.120. The molecule has 1 amide bonds. The van der Waals surface area contributed by atoms with E-state index in [1.807, 2.05) is 23.1 Å². The van der Waals surface area contributed by atoms with Crippen molar-refractivity contribution in [1.82, 2.24) is 0 Å². The number of carbonyl (C=O) groups is 1. The lowest BCUT2D eigenvalue weighted by Crippen LogP contribution is -2.44. The largest absolute Gasteiger partial charge is 0.320 e. The second-order valence-electron chi connectivity index (χ2n) is 5.32. The van der Waals surface area contributed by atoms with Crippen molar-refractivity contribution in [1.29, 1.82) is 0 Å². The first kappa shape index (κ1) is 14.1. The Hall–Kier alpha value is -1.35. The molecule has 1 unspecified atom stereocenters. The third-order valence-electron chi connectivity index (χ3n) is 3.81. The lowest BCUT2D eigenvalue weighted by atomic mass is 10.1. The number of amides is 1. The summed E-state index contributed by atoms with van der Waals surface area (Å²) in [6.45, 7) is 2.92. The number of rotatable bonds is 4. The van der Waals surface area contributed by atoms with Crippen LogP contribution in [0.25, 0.3) is 0 Å². The molecular formula is C16H24N2O. The van der Waals surface area contributed by atoms with Gasteiger partial charge in [-0.2, -0.15) is 0 Å². The molecule has 0 saturated carbocycles. The van der Waals surface area contributed by atoms with Gasteiger partial charge in [-0.05, 0) is 37.3 Å². The first-order chi connectivity index (χ1) is 9.24. The maximum Gasteiger partial charge on any atom is 0.243 e. The van der Waals surface area contributed by atoms with Gasteiger partial charge in [-0.3, -0.25) is 4.79 Å². The number of anilines is 1. The minimum Gasteiger partial charge on any atom is -0.320 e. The first-order valence-corrected chi connectivity index (χ1v) is 7.39. The third-order valence-corrected chi connectivity index (χ3v) is 3.81. The molecule has 1 aliphatic rings. The number of nitrogens with zero attached hydrogens (tertiary/aromatic N) is 1. The first-order valence-electron chi connectivity index (χ1n) is 7.39. The highest BCUT2D eigenvalue weighted by Gasteiger charge is 2.24. The number of carbonyl (C=O) groups excluding carboxylic acids is 1. The van der Waals surface area contributed by atoms with Crippen LogP contribution < -0.4 is 10.6 Å². The quantitative estimate of drug-likeness (QED) is 0.904. The highest BCUT2D eigenvalue weighted by Crippen LogP contribution is 2.26. The molecule has 2 N–H and O–H groups in total. The number of hydrogen-bond donors (Lipinski definition) is 1. The SMILES string of the molecule is CCCCC(N)C(=O)N1CCCCc2ccccc21. The molecule has 0 bridgehead atoms. The molecule has 1 aliphatic heterocycles. The van der Waals surface area contributed by atoms with Crippen molar-refractivity contribution in [2.75, 3.05) is 11.4 Å². The van der Waals surface area contributed by atoms with E-state index in [4.69, 9.17) is 5.73 Å². The predicted octanol–water partition coefficient (Wildman–Crippen LogP) is 2.87. The minimum atomic E-state index is -0.355. The summed E-state index contributed by atoms with van der Waals surface area (Å²) in [6, 6.07) is 7.86. The van der Waals surface area contributed by atoms with Crippen LogP contribution in [0.15, 0.2) is 24.3 Å². The van der Waals surface area contributed by atoms with E-state index in [9.17, 15) is 4.79 Å². The predicted molar refractivity (Wildman–Crippen MR) is 79.2 cm³/mol. The van der Waals surface area contributed by atoms with Crippen molar-refractivity contribution in [3.63, 3.8) is 0 Å². The average molecular weight is 260 g/mol. The average Bonchev–Trinajstić information content (AvgIpc) is 2.66. The molecule has 0 radical (unpaired) electrons. The van der Waals surface area contributed by atoms with Gasteiger partial charge >= 0.3 is 0 Å². The molecule has 0 spiro atoms. The molecule has 1 aromatic rings. The van der Waals surface area contributed by atoms with E-state index >= 15 is 0 Å². The number of para-hydroxylation sites is 1. The number of nitrogens with two attached hydrogens (primary N) is 1. The van der Waals surface area contributed by atoms with Crippen molar-refractivity contribution in [2.45, 2.75) is 51.5 Å². The van der Waals surface area contributed by atoms with Crippen LogP contribution in [-0.2, 0) is 11.2 Å². The Bertz CT molecular complexity index is 431. The van der Waals surface area contributed by atoms with Crippen molar-refractivity contribution >= 4 is 11.6 Å². The van der Waals surface area contributed by atoms with Gasteiger partial charge in [0.2, 0.25) is 5.91 Å². The molecule has 0 saturated heterocycles. The van der Waals surface area contributed by atoms with Gasteiger partial charge in [0.1, 0.15) is 0 Å². The summed E-state index contributed by atoms with van der Waals surface area (Å²) in [4.78, 5) is 14.4. The number of hydrogen-bond acceptors (Lipinski definition) is 2. The topological polar surface area (TPSA) is 46.3 Å². The summed E-state index contributed by atoms with van der Waals surface area (Å²) in [5, 5.41) is 0. The van der Waals surface area contributed by atoms with Crippen LogP contribution in [0.3, 0.4) is 0 Å². The number of unbranched alkanes of at least 4 members (excludes halogenated alkanes) is 1. The molecule has 1 aromatic carbocycles. The van der Waals surface area contributed by atoms with Crippen molar-refractivity contribution < 1.29 is 4.79 Å². The summed E-state index contributed by atoms with van der Waals surface area (Å²) in [5.41, 5.74) is 8.39. The maximum absolute atomic E-state index is 12.5. The molecular weight excluding hydrogens is 236 g/mol. The summed E-state index contributed by atoms with van der Waals surface area (Å²) in [6.07, 6.45) is 6.14. The molecule has 0 aromatic heterocycles. The number of benzene rings is 1. The lowest BCUT2D eigenvalue weighted by Gasteiger charge is -2.26. The fourth-order valence-electron chi connectivity index (χ4n) is 2.67. The van der Waals surface area contributed by atoms with Gasteiger partial charge in [-0.15, -0.1) is 0 Å². The van der Waals surface area contributed by atoms with Crippen LogP contribution >= 0.6 is 0 Å². The smallest absolute Gasteiger partial charge is 0.243 e. The highest BCUT2D eigenvalue weighted by molar-refractivity contribution is 5.97. The molecule has 2 rings (SSSR count). The van der Waals surface area contributed by atoms with Crippen LogP contribution in [0.2, 0.25) is 0 Å². The fraction of sp³-hybridized carbons (Fsp3) is 0.562. The Kier molecular flexibility index (Phi) is 4.97. The van der Waals surface area contributed by atoms with Crippen LogP contribution in [0, 0.1) is 0 Å². The minimum absolute atomic E-state index is 0.0859. The third kappa shape index (κ3) is 3.35. The zero-order valence-electron chi connectivity index (χ0n) is 11.8. The van der Waals surface area contributed by atoms with Crippen molar-refractivity contribution in [3.05, 3.63) is 29.8 Å². The van der Waals surface area contributed by atoms with E-state index in [0.29, 0.717) is 0 Å². The van der Waals surface area contributed by atoms with Crippen LogP contribution in [-0.4, -0.2) is 18.5 Å². The number of fused-ring (bicyclic) bond motifs is 1. The second kappa shape index (κ2) is 6.71. The van der Waals surface area contributed by atoms with Gasteiger partial charge in [0.05, 0.1) is 6.04 Å². The summed E-state index contributed by atoms with van der Waals surface area (Å²) < 4.78 is 0. The Morgan fingerprint density at radius 1 is 1.37 bits per heavy atom. The molecule has 0 fully saturated rings. The van der Waals surface area contributed by atoms with E-state index in [1.54, 1.807) is 0 Å². The molecule has 1 heterocycles. The van der Waals surface area contributed by atoms with E-state index < -0.39 is 0 Å². The Balaban J connectivity index is 2.17. The van der Waals surface area contributed by atoms with Gasteiger partial charge < -0.3 is 10.6 Å². The van der Waals surface area contributed by atoms with Crippen LogP contribution in [0.5, 0.6) is 0 Å². The molecule has 3 nitrogen and oxygen atoms in total. The van der Waals surface area contributed by atoms with Crippen molar-refractivity contribution in [2.24, 2.45) is 5.73 Å². The molecule has 0 aliphatic carbocycles. The van der Waals surface area contributed by atoms with Crippen LogP contribution in [0.1, 0.15) is 44.6 Å². The fourth-order valence-corrected chi connectivity index (χ4v) is 2.67. The monoisotopic (exact) mass is 260 g/mol. The van der Waals surface area contributed by atoms with Crippen molar-refractivity contribution in [3.8, 4) is 0 Å². The molecule has 19 heavy (non-hydrogen) atoms. The van der Waals surface area contributed by atoms with Gasteiger partial charge in [0.25, 0.3) is 0 Å². The summed E-state index contributed by atoms with van der Waals surface area (Å²) in [7, 11) is 0. The van der Waals surface area contributed by atoms with Gasteiger partial charge in [0.15, 0.2) is 0 Å². The second-order valence-corrected chi connectivity index (χ2v) is 5.32. The zero-order chi connectivity index (χ0) is 13.7. The molecule has 104 valence electrons. The van der Waals surface area contributed by atoms with E-state index in [-0.39, 0.29) is 11.9 Å². The Morgan fingerprint density at radius 2 is 2.16 bits per heavy atom. The Labute approximate surface area is 115 Å². The van der Waals surface area contributed by atoms with E-state index in [2.05, 4.69) is 13.0 Å². The zero-order valence-corrected chi connectivity index (χ0v) is 11.8. The summed E-state index contributed by atoms with van der Waals surface area (Å²) >= 11 is 0. The van der Waals surface area contributed by atoms with Gasteiger partial charge in [-0.25, -0.2) is 0 Å².